The van der Waals surface area contributed by atoms with Gasteiger partial charge in [0.1, 0.15) is 11.7 Å². The molecular weight excluding hydrogens is 478 g/mol. The summed E-state index contributed by atoms with van der Waals surface area (Å²) in [6.45, 7) is 0. The maximum Gasteiger partial charge on any atom is 0.254 e. The lowest BCUT2D eigenvalue weighted by Gasteiger charge is -2.57. The molecular formula is C27H27N3O5S. The summed E-state index contributed by atoms with van der Waals surface area (Å²) in [6, 6.07) is 17.2. The Hall–Kier alpha value is -3.72. The van der Waals surface area contributed by atoms with Crippen molar-refractivity contribution in [2.75, 3.05) is 6.26 Å². The van der Waals surface area contributed by atoms with Gasteiger partial charge in [0, 0.05) is 24.1 Å². The molecule has 2 aromatic carbocycles. The molecule has 1 spiro atoms. The monoisotopic (exact) mass is 505 g/mol. The van der Waals surface area contributed by atoms with E-state index in [-0.39, 0.29) is 39.8 Å². The number of aromatic nitrogens is 1. The number of pyridine rings is 1. The number of primary amides is 1. The Balaban J connectivity index is 1.16. The molecule has 36 heavy (non-hydrogen) atoms. The maximum atomic E-state index is 12.9. The SMILES string of the molecule is CS(=O)(=O)c1cccc(-c2cccc(C(=O)N[C@H]3CC4(C3)C[C@H](Oc3ncccc3C(N)=O)C4)c2)c1. The van der Waals surface area contributed by atoms with Gasteiger partial charge in [-0.15, -0.1) is 0 Å². The first-order chi connectivity index (χ1) is 17.1. The highest BCUT2D eigenvalue weighted by Crippen LogP contribution is 2.56. The highest BCUT2D eigenvalue weighted by Gasteiger charge is 2.54. The largest absolute Gasteiger partial charge is 0.474 e. The molecule has 2 saturated carbocycles. The topological polar surface area (TPSA) is 128 Å². The standard InChI is InChI=1S/C27H27N3O5S/c1-36(33,34)22-8-3-6-18(12-22)17-5-2-7-19(11-17)25(32)30-20-13-27(14-20)15-21(16-27)35-26-23(24(28)31)9-4-10-29-26/h2-12,20-21H,13-16H2,1H3,(H2,28,31)(H,30,32)/t20-,21-,27?. The van der Waals surface area contributed by atoms with Gasteiger partial charge in [-0.05, 0) is 78.6 Å². The molecule has 0 saturated heterocycles. The van der Waals surface area contributed by atoms with Crippen LogP contribution in [0.2, 0.25) is 0 Å². The van der Waals surface area contributed by atoms with E-state index in [9.17, 15) is 18.0 Å². The summed E-state index contributed by atoms with van der Waals surface area (Å²) < 4.78 is 29.7. The fourth-order valence-corrected chi connectivity index (χ4v) is 5.92. The summed E-state index contributed by atoms with van der Waals surface area (Å²) >= 11 is 0. The Morgan fingerprint density at radius 3 is 2.39 bits per heavy atom. The number of ether oxygens (including phenoxy) is 1. The van der Waals surface area contributed by atoms with Crippen LogP contribution in [0.1, 0.15) is 46.4 Å². The third-order valence-electron chi connectivity index (χ3n) is 7.05. The summed E-state index contributed by atoms with van der Waals surface area (Å²) in [7, 11) is -3.32. The first-order valence-corrected chi connectivity index (χ1v) is 13.6. The van der Waals surface area contributed by atoms with Crippen LogP contribution in [-0.2, 0) is 9.84 Å². The predicted octanol–water partition coefficient (Wildman–Crippen LogP) is 3.37. The second-order valence-corrected chi connectivity index (χ2v) is 11.8. The van der Waals surface area contributed by atoms with Gasteiger partial charge in [-0.1, -0.05) is 24.3 Å². The zero-order valence-electron chi connectivity index (χ0n) is 19.8. The molecule has 0 unspecified atom stereocenters. The van der Waals surface area contributed by atoms with Crippen molar-refractivity contribution < 1.29 is 22.7 Å². The van der Waals surface area contributed by atoms with Gasteiger partial charge in [0.25, 0.3) is 11.8 Å². The molecule has 9 heteroatoms. The smallest absolute Gasteiger partial charge is 0.254 e. The highest BCUT2D eigenvalue weighted by molar-refractivity contribution is 7.90. The van der Waals surface area contributed by atoms with E-state index >= 15 is 0 Å². The molecule has 2 amide bonds. The zero-order valence-corrected chi connectivity index (χ0v) is 20.6. The molecule has 2 fully saturated rings. The van der Waals surface area contributed by atoms with E-state index in [1.54, 1.807) is 54.7 Å². The van der Waals surface area contributed by atoms with Crippen LogP contribution in [0.15, 0.2) is 71.8 Å². The van der Waals surface area contributed by atoms with E-state index in [1.165, 1.54) is 6.26 Å². The average Bonchev–Trinajstić information content (AvgIpc) is 2.81. The van der Waals surface area contributed by atoms with E-state index < -0.39 is 15.7 Å². The molecule has 186 valence electrons. The fraction of sp³-hybridized carbons (Fsp3) is 0.296. The number of hydrogen-bond donors (Lipinski definition) is 2. The van der Waals surface area contributed by atoms with Gasteiger partial charge in [0.05, 0.1) is 4.90 Å². The molecule has 2 aliphatic carbocycles. The van der Waals surface area contributed by atoms with E-state index in [0.29, 0.717) is 5.56 Å². The Kier molecular flexibility index (Phi) is 6.04. The normalized spacial score (nSPS) is 22.8. The van der Waals surface area contributed by atoms with Crippen molar-refractivity contribution in [1.82, 2.24) is 10.3 Å². The number of rotatable bonds is 7. The van der Waals surface area contributed by atoms with Gasteiger partial charge < -0.3 is 15.8 Å². The molecule has 1 aromatic heterocycles. The van der Waals surface area contributed by atoms with Crippen LogP contribution >= 0.6 is 0 Å². The Bertz CT molecular complexity index is 1440. The summed E-state index contributed by atoms with van der Waals surface area (Å²) in [5, 5.41) is 3.11. The van der Waals surface area contributed by atoms with Crippen LogP contribution in [0.3, 0.4) is 0 Å². The van der Waals surface area contributed by atoms with E-state index in [1.807, 2.05) is 12.1 Å². The van der Waals surface area contributed by atoms with Crippen molar-refractivity contribution in [3.05, 3.63) is 78.0 Å². The minimum absolute atomic E-state index is 0.0194. The van der Waals surface area contributed by atoms with Crippen LogP contribution in [-0.4, -0.2) is 43.6 Å². The number of hydrogen-bond acceptors (Lipinski definition) is 6. The minimum Gasteiger partial charge on any atom is -0.474 e. The number of amides is 2. The number of carbonyl (C=O) groups is 2. The zero-order chi connectivity index (χ0) is 25.5. The number of sulfone groups is 1. The van der Waals surface area contributed by atoms with Gasteiger partial charge >= 0.3 is 0 Å². The lowest BCUT2D eigenvalue weighted by Crippen LogP contribution is -2.58. The molecule has 0 bridgehead atoms. The van der Waals surface area contributed by atoms with Gasteiger partial charge in [-0.25, -0.2) is 13.4 Å². The Morgan fingerprint density at radius 1 is 1.00 bits per heavy atom. The number of nitrogens with zero attached hydrogens (tertiary/aromatic N) is 1. The fourth-order valence-electron chi connectivity index (χ4n) is 5.26. The Labute approximate surface area is 209 Å². The number of benzene rings is 2. The first kappa shape index (κ1) is 24.0. The third-order valence-corrected chi connectivity index (χ3v) is 8.16. The first-order valence-electron chi connectivity index (χ1n) is 11.7. The van der Waals surface area contributed by atoms with Crippen molar-refractivity contribution in [2.45, 2.75) is 42.7 Å². The number of nitrogens with one attached hydrogen (secondary N) is 1. The average molecular weight is 506 g/mol. The van der Waals surface area contributed by atoms with E-state index in [0.717, 1.165) is 36.8 Å². The highest BCUT2D eigenvalue weighted by atomic mass is 32.2. The molecule has 0 radical (unpaired) electrons. The van der Waals surface area contributed by atoms with Gasteiger partial charge in [-0.3, -0.25) is 9.59 Å². The minimum atomic E-state index is -3.32. The van der Waals surface area contributed by atoms with Gasteiger partial charge in [0.2, 0.25) is 5.88 Å². The van der Waals surface area contributed by atoms with Crippen molar-refractivity contribution in [2.24, 2.45) is 11.1 Å². The molecule has 5 rings (SSSR count). The van der Waals surface area contributed by atoms with Crippen molar-refractivity contribution in [1.29, 1.82) is 0 Å². The summed E-state index contributed by atoms with van der Waals surface area (Å²) in [4.78, 5) is 28.8. The van der Waals surface area contributed by atoms with Crippen LogP contribution in [0, 0.1) is 5.41 Å². The van der Waals surface area contributed by atoms with Crippen molar-refractivity contribution in [3.8, 4) is 17.0 Å². The van der Waals surface area contributed by atoms with E-state index in [2.05, 4.69) is 10.3 Å². The number of nitrogens with two attached hydrogens (primary N) is 1. The molecule has 0 aliphatic heterocycles. The summed E-state index contributed by atoms with van der Waals surface area (Å²) in [6.07, 6.45) is 6.17. The van der Waals surface area contributed by atoms with Crippen LogP contribution in [0.25, 0.3) is 11.1 Å². The van der Waals surface area contributed by atoms with Crippen molar-refractivity contribution in [3.63, 3.8) is 0 Å². The van der Waals surface area contributed by atoms with Crippen LogP contribution in [0.5, 0.6) is 5.88 Å². The number of carbonyl (C=O) groups excluding carboxylic acids is 2. The lowest BCUT2D eigenvalue weighted by atomic mass is 9.53. The second kappa shape index (κ2) is 9.05. The quantitative estimate of drug-likeness (QED) is 0.507. The van der Waals surface area contributed by atoms with Gasteiger partial charge in [0.15, 0.2) is 9.84 Å². The molecule has 3 N–H and O–H groups in total. The third kappa shape index (κ3) is 4.83. The molecule has 0 atom stereocenters. The predicted molar refractivity (Wildman–Crippen MR) is 134 cm³/mol. The lowest BCUT2D eigenvalue weighted by molar-refractivity contribution is -0.0848. The molecule has 8 nitrogen and oxygen atoms in total. The van der Waals surface area contributed by atoms with Crippen LogP contribution < -0.4 is 15.8 Å². The molecule has 2 aliphatic rings. The van der Waals surface area contributed by atoms with E-state index in [4.69, 9.17) is 10.5 Å². The summed E-state index contributed by atoms with van der Waals surface area (Å²) in [5.41, 5.74) is 7.88. The molecule has 3 aromatic rings. The maximum absolute atomic E-state index is 12.9. The Morgan fingerprint density at radius 2 is 1.69 bits per heavy atom. The van der Waals surface area contributed by atoms with Crippen molar-refractivity contribution >= 4 is 21.7 Å². The van der Waals surface area contributed by atoms with Gasteiger partial charge in [-0.2, -0.15) is 0 Å². The molecule has 1 heterocycles. The van der Waals surface area contributed by atoms with Crippen LogP contribution in [0.4, 0.5) is 0 Å². The second-order valence-electron chi connectivity index (χ2n) is 9.83. The summed E-state index contributed by atoms with van der Waals surface area (Å²) in [5.74, 6) is -0.440.